The van der Waals surface area contributed by atoms with Crippen LogP contribution in [-0.2, 0) is 11.2 Å². The molecule has 130 valence electrons. The standard InChI is InChI=1S/C21H23NO3/c1-11(2)5-6-14-7-8-17-16(10-14)18-19(22-17)15(9-12(3)23)13(4)20(24)21(18)25/h5,7-8,10,12,22-23H,6,9H2,1-4H3. The second kappa shape index (κ2) is 6.45. The van der Waals surface area contributed by atoms with Crippen molar-refractivity contribution in [2.75, 3.05) is 0 Å². The van der Waals surface area contributed by atoms with E-state index >= 15 is 0 Å². The number of hydrogen-bond donors (Lipinski definition) is 2. The molecule has 0 spiro atoms. The maximum Gasteiger partial charge on any atom is 0.235 e. The van der Waals surface area contributed by atoms with E-state index in [0.717, 1.165) is 28.5 Å². The van der Waals surface area contributed by atoms with E-state index < -0.39 is 17.7 Å². The molecule has 1 aliphatic carbocycles. The molecule has 0 saturated carbocycles. The lowest BCUT2D eigenvalue weighted by molar-refractivity contribution is -0.111. The molecular formula is C21H23NO3. The Kier molecular flexibility index (Phi) is 4.48. The van der Waals surface area contributed by atoms with Gasteiger partial charge < -0.3 is 10.1 Å². The molecule has 0 saturated heterocycles. The van der Waals surface area contributed by atoms with Crippen LogP contribution in [0.15, 0.2) is 35.4 Å². The van der Waals surface area contributed by atoms with Crippen LogP contribution in [0.25, 0.3) is 16.5 Å². The van der Waals surface area contributed by atoms with E-state index in [1.54, 1.807) is 13.8 Å². The third-order valence-corrected chi connectivity index (χ3v) is 4.64. The number of benzene rings is 1. The number of carbonyl (C=O) groups is 2. The van der Waals surface area contributed by atoms with Gasteiger partial charge in [0, 0.05) is 22.9 Å². The first-order chi connectivity index (χ1) is 11.8. The number of ketones is 2. The summed E-state index contributed by atoms with van der Waals surface area (Å²) in [5.41, 5.74) is 5.45. The third kappa shape index (κ3) is 3.10. The number of aliphatic hydroxyl groups is 1. The zero-order valence-electron chi connectivity index (χ0n) is 15.1. The molecule has 1 aromatic carbocycles. The maximum atomic E-state index is 12.6. The molecule has 0 amide bonds. The van der Waals surface area contributed by atoms with Crippen molar-refractivity contribution in [1.82, 2.24) is 4.98 Å². The van der Waals surface area contributed by atoms with Crippen LogP contribution in [0.1, 0.15) is 55.7 Å². The minimum Gasteiger partial charge on any atom is -0.393 e. The number of aromatic nitrogens is 1. The predicted octanol–water partition coefficient (Wildman–Crippen LogP) is 3.99. The average Bonchev–Trinajstić information content (AvgIpc) is 2.93. The lowest BCUT2D eigenvalue weighted by Crippen LogP contribution is -2.23. The van der Waals surface area contributed by atoms with Gasteiger partial charge in [-0.3, -0.25) is 9.59 Å². The fourth-order valence-electron chi connectivity index (χ4n) is 3.31. The summed E-state index contributed by atoms with van der Waals surface area (Å²) in [6.45, 7) is 7.44. The number of allylic oxidation sites excluding steroid dienone is 3. The molecular weight excluding hydrogens is 314 g/mol. The lowest BCUT2D eigenvalue weighted by atomic mass is 9.85. The Hall–Kier alpha value is -2.46. The Bertz CT molecular complexity index is 937. The molecule has 1 heterocycles. The van der Waals surface area contributed by atoms with Crippen molar-refractivity contribution in [2.45, 2.75) is 46.6 Å². The number of hydrogen-bond acceptors (Lipinski definition) is 3. The van der Waals surface area contributed by atoms with Crippen LogP contribution in [-0.4, -0.2) is 27.8 Å². The van der Waals surface area contributed by atoms with Crippen LogP contribution in [0, 0.1) is 0 Å². The number of Topliss-reactive ketones (excluding diaryl/α,β-unsaturated/α-hetero) is 2. The molecule has 0 aliphatic heterocycles. The predicted molar refractivity (Wildman–Crippen MR) is 99.7 cm³/mol. The first kappa shape index (κ1) is 17.4. The molecule has 25 heavy (non-hydrogen) atoms. The molecule has 0 radical (unpaired) electrons. The molecule has 1 unspecified atom stereocenters. The number of aliphatic hydroxyl groups excluding tert-OH is 1. The Labute approximate surface area is 147 Å². The minimum atomic E-state index is -0.585. The molecule has 4 nitrogen and oxygen atoms in total. The van der Waals surface area contributed by atoms with Gasteiger partial charge in [0.2, 0.25) is 11.6 Å². The second-order valence-corrected chi connectivity index (χ2v) is 7.06. The molecule has 3 rings (SSSR count). The zero-order chi connectivity index (χ0) is 18.3. The summed E-state index contributed by atoms with van der Waals surface area (Å²) in [4.78, 5) is 28.3. The Morgan fingerprint density at radius 2 is 1.96 bits per heavy atom. The Balaban J connectivity index is 2.19. The maximum absolute atomic E-state index is 12.6. The highest BCUT2D eigenvalue weighted by atomic mass is 16.3. The van der Waals surface area contributed by atoms with Gasteiger partial charge >= 0.3 is 0 Å². The normalized spacial score (nSPS) is 15.6. The van der Waals surface area contributed by atoms with Gasteiger partial charge in [0.1, 0.15) is 0 Å². The number of fused-ring (bicyclic) bond motifs is 3. The first-order valence-electron chi connectivity index (χ1n) is 8.54. The smallest absolute Gasteiger partial charge is 0.235 e. The van der Waals surface area contributed by atoms with Gasteiger partial charge in [0.05, 0.1) is 17.4 Å². The fourth-order valence-corrected chi connectivity index (χ4v) is 3.31. The highest BCUT2D eigenvalue weighted by molar-refractivity contribution is 6.54. The number of rotatable bonds is 4. The van der Waals surface area contributed by atoms with Gasteiger partial charge in [0.25, 0.3) is 0 Å². The SMILES string of the molecule is CC(C)=CCc1ccc2[nH]c3c(c2c1)C(=O)C(=O)C(C)=C3CC(C)O. The van der Waals surface area contributed by atoms with Crippen molar-refractivity contribution in [3.05, 3.63) is 52.2 Å². The molecule has 0 bridgehead atoms. The summed E-state index contributed by atoms with van der Waals surface area (Å²) in [6.07, 6.45) is 2.68. The van der Waals surface area contributed by atoms with Crippen molar-refractivity contribution < 1.29 is 14.7 Å². The molecule has 1 atom stereocenters. The highest BCUT2D eigenvalue weighted by Gasteiger charge is 2.33. The Morgan fingerprint density at radius 3 is 2.60 bits per heavy atom. The summed E-state index contributed by atoms with van der Waals surface area (Å²) in [6, 6.07) is 5.96. The summed E-state index contributed by atoms with van der Waals surface area (Å²) >= 11 is 0. The van der Waals surface area contributed by atoms with E-state index in [-0.39, 0.29) is 0 Å². The minimum absolute atomic E-state index is 0.343. The monoisotopic (exact) mass is 337 g/mol. The van der Waals surface area contributed by atoms with Crippen LogP contribution in [0.3, 0.4) is 0 Å². The quantitative estimate of drug-likeness (QED) is 0.655. The van der Waals surface area contributed by atoms with Gasteiger partial charge in [-0.05, 0) is 57.4 Å². The number of nitrogens with one attached hydrogen (secondary N) is 1. The van der Waals surface area contributed by atoms with Gasteiger partial charge in [-0.1, -0.05) is 17.7 Å². The van der Waals surface area contributed by atoms with Crippen LogP contribution >= 0.6 is 0 Å². The van der Waals surface area contributed by atoms with Crippen molar-refractivity contribution in [3.8, 4) is 0 Å². The molecule has 2 aromatic rings. The first-order valence-corrected chi connectivity index (χ1v) is 8.54. The summed E-state index contributed by atoms with van der Waals surface area (Å²) < 4.78 is 0. The zero-order valence-corrected chi connectivity index (χ0v) is 15.1. The van der Waals surface area contributed by atoms with Crippen molar-refractivity contribution in [2.24, 2.45) is 0 Å². The fraction of sp³-hybridized carbons (Fsp3) is 0.333. The molecule has 2 N–H and O–H groups in total. The van der Waals surface area contributed by atoms with Gasteiger partial charge in [-0.25, -0.2) is 0 Å². The molecule has 1 aliphatic rings. The van der Waals surface area contributed by atoms with E-state index in [0.29, 0.717) is 23.3 Å². The number of H-pyrrole nitrogens is 1. The van der Waals surface area contributed by atoms with E-state index in [9.17, 15) is 14.7 Å². The van der Waals surface area contributed by atoms with E-state index in [1.807, 2.05) is 18.2 Å². The van der Waals surface area contributed by atoms with Crippen LogP contribution < -0.4 is 0 Å². The number of aromatic amines is 1. The van der Waals surface area contributed by atoms with Crippen molar-refractivity contribution in [1.29, 1.82) is 0 Å². The van der Waals surface area contributed by atoms with Crippen molar-refractivity contribution in [3.63, 3.8) is 0 Å². The van der Waals surface area contributed by atoms with Crippen LogP contribution in [0.5, 0.6) is 0 Å². The summed E-state index contributed by atoms with van der Waals surface area (Å²) in [5, 5.41) is 10.6. The van der Waals surface area contributed by atoms with Crippen molar-refractivity contribution >= 4 is 28.0 Å². The number of carbonyl (C=O) groups excluding carboxylic acids is 2. The second-order valence-electron chi connectivity index (χ2n) is 7.06. The van der Waals surface area contributed by atoms with Gasteiger partial charge in [-0.2, -0.15) is 0 Å². The molecule has 4 heteroatoms. The molecule has 0 fully saturated rings. The molecule has 1 aromatic heterocycles. The van der Waals surface area contributed by atoms with E-state index in [1.165, 1.54) is 5.57 Å². The van der Waals surface area contributed by atoms with Gasteiger partial charge in [0.15, 0.2) is 0 Å². The lowest BCUT2D eigenvalue weighted by Gasteiger charge is -2.18. The average molecular weight is 337 g/mol. The topological polar surface area (TPSA) is 70.2 Å². The Morgan fingerprint density at radius 1 is 1.24 bits per heavy atom. The van der Waals surface area contributed by atoms with Gasteiger partial charge in [-0.15, -0.1) is 0 Å². The third-order valence-electron chi connectivity index (χ3n) is 4.64. The largest absolute Gasteiger partial charge is 0.393 e. The summed E-state index contributed by atoms with van der Waals surface area (Å²) in [7, 11) is 0. The van der Waals surface area contributed by atoms with E-state index in [4.69, 9.17) is 0 Å². The van der Waals surface area contributed by atoms with E-state index in [2.05, 4.69) is 24.9 Å². The van der Waals surface area contributed by atoms with Crippen LogP contribution in [0.4, 0.5) is 0 Å². The van der Waals surface area contributed by atoms with Crippen LogP contribution in [0.2, 0.25) is 0 Å². The highest BCUT2D eigenvalue weighted by Crippen LogP contribution is 2.37. The summed E-state index contributed by atoms with van der Waals surface area (Å²) in [5.74, 6) is -0.939.